The molecule has 2 N–H and O–H groups in total. The topological polar surface area (TPSA) is 54.0 Å². The van der Waals surface area contributed by atoms with E-state index in [1.807, 2.05) is 5.38 Å². The van der Waals surface area contributed by atoms with Crippen molar-refractivity contribution >= 4 is 42.1 Å². The van der Waals surface area contributed by atoms with Crippen LogP contribution in [0.3, 0.4) is 0 Å². The Kier molecular flexibility index (Phi) is 9.35. The van der Waals surface area contributed by atoms with Gasteiger partial charge in [0.15, 0.2) is 0 Å². The van der Waals surface area contributed by atoms with E-state index in [0.717, 1.165) is 36.6 Å². The quantitative estimate of drug-likeness (QED) is 0.870. The van der Waals surface area contributed by atoms with Gasteiger partial charge in [-0.3, -0.25) is 4.79 Å². The lowest BCUT2D eigenvalue weighted by atomic mass is 10.2. The zero-order valence-corrected chi connectivity index (χ0v) is 13.4. The number of thiazole rings is 1. The molecule has 19 heavy (non-hydrogen) atoms. The highest BCUT2D eigenvalue weighted by atomic mass is 35.5. The molecule has 1 aliphatic heterocycles. The molecular formula is C12H21Cl2N3OS. The Morgan fingerprint density at radius 2 is 2.37 bits per heavy atom. The summed E-state index contributed by atoms with van der Waals surface area (Å²) in [6, 6.07) is 0.459. The number of halogens is 2. The van der Waals surface area contributed by atoms with Crippen molar-refractivity contribution in [2.75, 3.05) is 13.1 Å². The molecule has 1 aromatic rings. The van der Waals surface area contributed by atoms with Crippen LogP contribution in [0.25, 0.3) is 0 Å². The van der Waals surface area contributed by atoms with Crippen molar-refractivity contribution in [3.05, 3.63) is 16.1 Å². The van der Waals surface area contributed by atoms with Crippen LogP contribution in [0.1, 0.15) is 30.5 Å². The van der Waals surface area contributed by atoms with Crippen LogP contribution in [0.2, 0.25) is 0 Å². The molecule has 0 saturated carbocycles. The lowest BCUT2D eigenvalue weighted by Crippen LogP contribution is -2.37. The van der Waals surface area contributed by atoms with Crippen molar-refractivity contribution in [2.45, 2.75) is 38.6 Å². The van der Waals surface area contributed by atoms with Gasteiger partial charge in [-0.2, -0.15) is 0 Å². The summed E-state index contributed by atoms with van der Waals surface area (Å²) in [5.41, 5.74) is 0.892. The average Bonchev–Trinajstić information content (AvgIpc) is 2.97. The maximum Gasteiger partial charge on any atom is 0.226 e. The second kappa shape index (κ2) is 9.53. The highest BCUT2D eigenvalue weighted by molar-refractivity contribution is 7.09. The number of hydrogen-bond donors (Lipinski definition) is 2. The first-order valence-electron chi connectivity index (χ1n) is 6.21. The molecule has 110 valence electrons. The minimum absolute atomic E-state index is 0. The molecule has 0 spiro atoms. The number of hydrogen-bond acceptors (Lipinski definition) is 4. The van der Waals surface area contributed by atoms with E-state index >= 15 is 0 Å². The molecule has 1 unspecified atom stereocenters. The van der Waals surface area contributed by atoms with Crippen LogP contribution in [0.15, 0.2) is 5.38 Å². The predicted octanol–water partition coefficient (Wildman–Crippen LogP) is 1.96. The van der Waals surface area contributed by atoms with Gasteiger partial charge in [-0.25, -0.2) is 4.98 Å². The van der Waals surface area contributed by atoms with Gasteiger partial charge in [0.1, 0.15) is 0 Å². The summed E-state index contributed by atoms with van der Waals surface area (Å²) < 4.78 is 0. The van der Waals surface area contributed by atoms with Gasteiger partial charge in [-0.05, 0) is 25.8 Å². The summed E-state index contributed by atoms with van der Waals surface area (Å²) in [4.78, 5) is 16.1. The van der Waals surface area contributed by atoms with Gasteiger partial charge < -0.3 is 10.6 Å². The van der Waals surface area contributed by atoms with Gasteiger partial charge >= 0.3 is 0 Å². The summed E-state index contributed by atoms with van der Waals surface area (Å²) in [7, 11) is 0. The number of rotatable bonds is 5. The maximum atomic E-state index is 11.7. The van der Waals surface area contributed by atoms with Gasteiger partial charge in [0.25, 0.3) is 0 Å². The molecular weight excluding hydrogens is 305 g/mol. The van der Waals surface area contributed by atoms with E-state index in [9.17, 15) is 4.79 Å². The smallest absolute Gasteiger partial charge is 0.226 e. The van der Waals surface area contributed by atoms with Crippen LogP contribution in [0.4, 0.5) is 0 Å². The number of amides is 1. The molecule has 2 heterocycles. The van der Waals surface area contributed by atoms with Crippen molar-refractivity contribution in [3.63, 3.8) is 0 Å². The molecule has 4 nitrogen and oxygen atoms in total. The van der Waals surface area contributed by atoms with Crippen molar-refractivity contribution in [2.24, 2.45) is 0 Å². The van der Waals surface area contributed by atoms with Crippen LogP contribution in [0, 0.1) is 0 Å². The Morgan fingerprint density at radius 1 is 1.58 bits per heavy atom. The van der Waals surface area contributed by atoms with Gasteiger partial charge in [0, 0.05) is 18.0 Å². The van der Waals surface area contributed by atoms with E-state index in [4.69, 9.17) is 0 Å². The fourth-order valence-electron chi connectivity index (χ4n) is 1.99. The highest BCUT2D eigenvalue weighted by Gasteiger charge is 2.15. The summed E-state index contributed by atoms with van der Waals surface area (Å²) in [6.07, 6.45) is 3.73. The highest BCUT2D eigenvalue weighted by Crippen LogP contribution is 2.10. The van der Waals surface area contributed by atoms with E-state index in [1.165, 1.54) is 6.42 Å². The van der Waals surface area contributed by atoms with E-state index in [0.29, 0.717) is 12.5 Å². The predicted molar refractivity (Wildman–Crippen MR) is 83.7 cm³/mol. The Morgan fingerprint density at radius 3 is 2.95 bits per heavy atom. The van der Waals surface area contributed by atoms with Crippen LogP contribution < -0.4 is 10.6 Å². The molecule has 1 atom stereocenters. The van der Waals surface area contributed by atoms with Crippen LogP contribution in [-0.2, 0) is 17.6 Å². The first kappa shape index (κ1) is 18.6. The molecule has 2 rings (SSSR count). The molecule has 1 aliphatic rings. The molecule has 0 radical (unpaired) electrons. The molecule has 1 aromatic heterocycles. The van der Waals surface area contributed by atoms with Crippen LogP contribution >= 0.6 is 36.2 Å². The fourth-order valence-corrected chi connectivity index (χ4v) is 2.73. The van der Waals surface area contributed by atoms with Crippen molar-refractivity contribution in [1.82, 2.24) is 15.6 Å². The Labute approximate surface area is 130 Å². The van der Waals surface area contributed by atoms with E-state index in [1.54, 1.807) is 11.3 Å². The Balaban J connectivity index is 0.00000162. The first-order valence-corrected chi connectivity index (χ1v) is 7.09. The van der Waals surface area contributed by atoms with Gasteiger partial charge in [-0.15, -0.1) is 36.2 Å². The minimum atomic E-state index is 0. The number of nitrogens with zero attached hydrogens (tertiary/aromatic N) is 1. The largest absolute Gasteiger partial charge is 0.354 e. The number of aryl methyl sites for hydroxylation is 1. The van der Waals surface area contributed by atoms with E-state index in [2.05, 4.69) is 22.5 Å². The van der Waals surface area contributed by atoms with Gasteiger partial charge in [0.2, 0.25) is 5.91 Å². The summed E-state index contributed by atoms with van der Waals surface area (Å²) in [5.74, 6) is 0.0756. The SMILES string of the molecule is CCc1nc(CC(=O)NCC2CCCN2)cs1.Cl.Cl. The third-order valence-corrected chi connectivity index (χ3v) is 3.99. The zero-order valence-electron chi connectivity index (χ0n) is 11.0. The fraction of sp³-hybridized carbons (Fsp3) is 0.667. The van der Waals surface area contributed by atoms with Crippen LogP contribution in [0.5, 0.6) is 0 Å². The number of carbonyl (C=O) groups is 1. The third kappa shape index (κ3) is 6.08. The monoisotopic (exact) mass is 325 g/mol. The lowest BCUT2D eigenvalue weighted by molar-refractivity contribution is -0.120. The van der Waals surface area contributed by atoms with Crippen LogP contribution in [-0.4, -0.2) is 30.0 Å². The zero-order chi connectivity index (χ0) is 12.1. The molecule has 0 bridgehead atoms. The second-order valence-electron chi connectivity index (χ2n) is 4.36. The van der Waals surface area contributed by atoms with Crippen molar-refractivity contribution in [1.29, 1.82) is 0 Å². The molecule has 0 aromatic carbocycles. The average molecular weight is 326 g/mol. The summed E-state index contributed by atoms with van der Waals surface area (Å²) in [5, 5.41) is 9.40. The number of carbonyl (C=O) groups excluding carboxylic acids is 1. The summed E-state index contributed by atoms with van der Waals surface area (Å²) >= 11 is 1.63. The van der Waals surface area contributed by atoms with Gasteiger partial charge in [-0.1, -0.05) is 6.92 Å². The summed E-state index contributed by atoms with van der Waals surface area (Å²) in [6.45, 7) is 3.89. The molecule has 0 aliphatic carbocycles. The maximum absolute atomic E-state index is 11.7. The molecule has 7 heteroatoms. The third-order valence-electron chi connectivity index (χ3n) is 2.95. The first-order chi connectivity index (χ1) is 8.28. The lowest BCUT2D eigenvalue weighted by Gasteiger charge is -2.10. The van der Waals surface area contributed by atoms with Crippen molar-refractivity contribution < 1.29 is 4.79 Å². The normalized spacial score (nSPS) is 17.4. The number of aromatic nitrogens is 1. The minimum Gasteiger partial charge on any atom is -0.354 e. The van der Waals surface area contributed by atoms with E-state index < -0.39 is 0 Å². The van der Waals surface area contributed by atoms with E-state index in [-0.39, 0.29) is 30.7 Å². The molecule has 1 fully saturated rings. The standard InChI is InChI=1S/C12H19N3OS.2ClH/c1-2-12-15-10(8-17-12)6-11(16)14-7-9-4-3-5-13-9;;/h8-9,13H,2-7H2,1H3,(H,14,16);2*1H. The Bertz CT molecular complexity index is 381. The molecule has 1 saturated heterocycles. The van der Waals surface area contributed by atoms with Gasteiger partial charge in [0.05, 0.1) is 17.1 Å². The van der Waals surface area contributed by atoms with Crippen molar-refractivity contribution in [3.8, 4) is 0 Å². The number of nitrogens with one attached hydrogen (secondary N) is 2. The second-order valence-corrected chi connectivity index (χ2v) is 5.30. The molecule has 1 amide bonds. The Hall–Kier alpha value is -0.360.